The third-order valence-electron chi connectivity index (χ3n) is 2.50. The highest BCUT2D eigenvalue weighted by atomic mass is 15.5. The standard InChI is InChI=1S/C11H23N5/c1-4-5-6-7-8-16-11(13-14-15-16)9-12-10(2)3/h10,12H,4-9H2,1-3H3. The summed E-state index contributed by atoms with van der Waals surface area (Å²) in [4.78, 5) is 0. The van der Waals surface area contributed by atoms with Crippen LogP contribution in [-0.2, 0) is 13.1 Å². The second-order valence-corrected chi connectivity index (χ2v) is 4.41. The van der Waals surface area contributed by atoms with E-state index in [-0.39, 0.29) is 0 Å². The normalized spacial score (nSPS) is 11.2. The fourth-order valence-electron chi connectivity index (χ4n) is 1.51. The van der Waals surface area contributed by atoms with Gasteiger partial charge in [0.25, 0.3) is 0 Å². The molecule has 0 spiro atoms. The molecule has 0 saturated carbocycles. The average molecular weight is 225 g/mol. The van der Waals surface area contributed by atoms with Crippen LogP contribution in [0.4, 0.5) is 0 Å². The Balaban J connectivity index is 2.32. The SMILES string of the molecule is CCCCCCn1nnnc1CNC(C)C. The van der Waals surface area contributed by atoms with Crippen molar-refractivity contribution >= 4 is 0 Å². The third-order valence-corrected chi connectivity index (χ3v) is 2.50. The van der Waals surface area contributed by atoms with Crippen LogP contribution in [0, 0.1) is 0 Å². The van der Waals surface area contributed by atoms with Gasteiger partial charge in [-0.3, -0.25) is 0 Å². The summed E-state index contributed by atoms with van der Waals surface area (Å²) < 4.78 is 1.91. The largest absolute Gasteiger partial charge is 0.308 e. The predicted octanol–water partition coefficient (Wildman–Crippen LogP) is 1.75. The molecule has 0 aliphatic rings. The molecule has 1 N–H and O–H groups in total. The van der Waals surface area contributed by atoms with Crippen molar-refractivity contribution in [1.82, 2.24) is 25.5 Å². The van der Waals surface area contributed by atoms with Crippen LogP contribution in [0.15, 0.2) is 0 Å². The number of nitrogens with zero attached hydrogens (tertiary/aromatic N) is 4. The van der Waals surface area contributed by atoms with E-state index < -0.39 is 0 Å². The zero-order chi connectivity index (χ0) is 11.8. The van der Waals surface area contributed by atoms with E-state index in [2.05, 4.69) is 41.6 Å². The van der Waals surface area contributed by atoms with Gasteiger partial charge in [0.2, 0.25) is 0 Å². The highest BCUT2D eigenvalue weighted by Crippen LogP contribution is 2.02. The fourth-order valence-corrected chi connectivity index (χ4v) is 1.51. The molecule has 0 aliphatic heterocycles. The molecule has 1 aromatic rings. The number of unbranched alkanes of at least 4 members (excludes halogenated alkanes) is 3. The van der Waals surface area contributed by atoms with Crippen molar-refractivity contribution in [1.29, 1.82) is 0 Å². The zero-order valence-electron chi connectivity index (χ0n) is 10.6. The predicted molar refractivity (Wildman–Crippen MR) is 63.9 cm³/mol. The van der Waals surface area contributed by atoms with Gasteiger partial charge in [0.05, 0.1) is 6.54 Å². The molecule has 0 unspecified atom stereocenters. The molecule has 92 valence electrons. The molecule has 5 nitrogen and oxygen atoms in total. The van der Waals surface area contributed by atoms with Gasteiger partial charge in [-0.25, -0.2) is 4.68 Å². The first-order valence-corrected chi connectivity index (χ1v) is 6.22. The number of aromatic nitrogens is 4. The minimum Gasteiger partial charge on any atom is -0.308 e. The number of tetrazole rings is 1. The Bertz CT molecular complexity index is 282. The van der Waals surface area contributed by atoms with E-state index in [1.54, 1.807) is 0 Å². The molecule has 1 aromatic heterocycles. The Kier molecular flexibility index (Phi) is 6.00. The molecule has 0 amide bonds. The number of aryl methyl sites for hydroxylation is 1. The third kappa shape index (κ3) is 4.70. The maximum absolute atomic E-state index is 4.03. The number of hydrogen-bond acceptors (Lipinski definition) is 4. The number of rotatable bonds is 8. The average Bonchev–Trinajstić information content (AvgIpc) is 2.69. The van der Waals surface area contributed by atoms with Gasteiger partial charge in [-0.05, 0) is 16.8 Å². The van der Waals surface area contributed by atoms with E-state index in [4.69, 9.17) is 0 Å². The summed E-state index contributed by atoms with van der Waals surface area (Å²) in [7, 11) is 0. The molecule has 0 atom stereocenters. The Labute approximate surface area is 97.6 Å². The van der Waals surface area contributed by atoms with Crippen LogP contribution in [0.2, 0.25) is 0 Å². The van der Waals surface area contributed by atoms with Crippen LogP contribution in [-0.4, -0.2) is 26.2 Å². The van der Waals surface area contributed by atoms with Crippen molar-refractivity contribution < 1.29 is 0 Å². The van der Waals surface area contributed by atoms with Gasteiger partial charge < -0.3 is 5.32 Å². The van der Waals surface area contributed by atoms with E-state index in [0.29, 0.717) is 6.04 Å². The number of nitrogens with one attached hydrogen (secondary N) is 1. The lowest BCUT2D eigenvalue weighted by Crippen LogP contribution is -2.24. The summed E-state index contributed by atoms with van der Waals surface area (Å²) in [5, 5.41) is 15.1. The topological polar surface area (TPSA) is 55.6 Å². The van der Waals surface area contributed by atoms with Gasteiger partial charge >= 0.3 is 0 Å². The summed E-state index contributed by atoms with van der Waals surface area (Å²) in [6.45, 7) is 8.14. The van der Waals surface area contributed by atoms with Crippen LogP contribution in [0.5, 0.6) is 0 Å². The molecule has 0 radical (unpaired) electrons. The molecule has 0 aromatic carbocycles. The fraction of sp³-hybridized carbons (Fsp3) is 0.909. The molecular weight excluding hydrogens is 202 g/mol. The van der Waals surface area contributed by atoms with Crippen molar-refractivity contribution in [2.75, 3.05) is 0 Å². The first-order valence-electron chi connectivity index (χ1n) is 6.22. The zero-order valence-corrected chi connectivity index (χ0v) is 10.6. The molecule has 1 heterocycles. The van der Waals surface area contributed by atoms with Crippen LogP contribution in [0.1, 0.15) is 52.3 Å². The maximum Gasteiger partial charge on any atom is 0.165 e. The molecular formula is C11H23N5. The molecule has 5 heteroatoms. The lowest BCUT2D eigenvalue weighted by molar-refractivity contribution is 0.489. The maximum atomic E-state index is 4.03. The Morgan fingerprint density at radius 1 is 1.25 bits per heavy atom. The van der Waals surface area contributed by atoms with E-state index in [1.165, 1.54) is 19.3 Å². The van der Waals surface area contributed by atoms with Crippen LogP contribution in [0.25, 0.3) is 0 Å². The highest BCUT2D eigenvalue weighted by molar-refractivity contribution is 4.80. The lowest BCUT2D eigenvalue weighted by atomic mass is 10.2. The second kappa shape index (κ2) is 7.33. The first-order chi connectivity index (χ1) is 7.74. The summed E-state index contributed by atoms with van der Waals surface area (Å²) in [6, 6.07) is 0.463. The van der Waals surface area contributed by atoms with Gasteiger partial charge in [0.15, 0.2) is 5.82 Å². The van der Waals surface area contributed by atoms with Crippen molar-refractivity contribution in [3.63, 3.8) is 0 Å². The summed E-state index contributed by atoms with van der Waals surface area (Å²) in [5.74, 6) is 0.935. The second-order valence-electron chi connectivity index (χ2n) is 4.41. The van der Waals surface area contributed by atoms with Gasteiger partial charge in [-0.15, -0.1) is 5.10 Å². The van der Waals surface area contributed by atoms with Gasteiger partial charge in [0.1, 0.15) is 0 Å². The van der Waals surface area contributed by atoms with Crippen molar-refractivity contribution in [3.05, 3.63) is 5.82 Å². The molecule has 0 aliphatic carbocycles. The van der Waals surface area contributed by atoms with Crippen LogP contribution < -0.4 is 5.32 Å². The molecule has 0 saturated heterocycles. The van der Waals surface area contributed by atoms with Crippen molar-refractivity contribution in [3.8, 4) is 0 Å². The minimum absolute atomic E-state index is 0.463. The van der Waals surface area contributed by atoms with E-state index in [1.807, 2.05) is 4.68 Å². The molecule has 0 bridgehead atoms. The lowest BCUT2D eigenvalue weighted by Gasteiger charge is -2.08. The van der Waals surface area contributed by atoms with E-state index >= 15 is 0 Å². The monoisotopic (exact) mass is 225 g/mol. The minimum atomic E-state index is 0.463. The summed E-state index contributed by atoms with van der Waals surface area (Å²) >= 11 is 0. The van der Waals surface area contributed by atoms with Crippen molar-refractivity contribution in [2.24, 2.45) is 0 Å². The highest BCUT2D eigenvalue weighted by Gasteiger charge is 2.05. The smallest absolute Gasteiger partial charge is 0.165 e. The molecule has 16 heavy (non-hydrogen) atoms. The van der Waals surface area contributed by atoms with Crippen LogP contribution in [0.3, 0.4) is 0 Å². The van der Waals surface area contributed by atoms with Crippen molar-refractivity contribution in [2.45, 2.75) is 65.6 Å². The first kappa shape index (κ1) is 13.1. The Hall–Kier alpha value is -0.970. The number of hydrogen-bond donors (Lipinski definition) is 1. The Morgan fingerprint density at radius 3 is 2.75 bits per heavy atom. The van der Waals surface area contributed by atoms with E-state index in [9.17, 15) is 0 Å². The summed E-state index contributed by atoms with van der Waals surface area (Å²) in [6.07, 6.45) is 4.97. The van der Waals surface area contributed by atoms with E-state index in [0.717, 1.165) is 25.3 Å². The quantitative estimate of drug-likeness (QED) is 0.685. The summed E-state index contributed by atoms with van der Waals surface area (Å²) in [5.41, 5.74) is 0. The van der Waals surface area contributed by atoms with Gasteiger partial charge in [0, 0.05) is 12.6 Å². The Morgan fingerprint density at radius 2 is 2.06 bits per heavy atom. The van der Waals surface area contributed by atoms with Gasteiger partial charge in [-0.2, -0.15) is 0 Å². The van der Waals surface area contributed by atoms with Gasteiger partial charge in [-0.1, -0.05) is 40.0 Å². The van der Waals surface area contributed by atoms with Crippen LogP contribution >= 0.6 is 0 Å². The molecule has 1 rings (SSSR count). The molecule has 0 fully saturated rings.